The van der Waals surface area contributed by atoms with E-state index in [1.807, 2.05) is 0 Å². The molecule has 0 heterocycles. The molecule has 0 bridgehead atoms. The van der Waals surface area contributed by atoms with Crippen molar-refractivity contribution in [2.24, 2.45) is 5.92 Å². The first kappa shape index (κ1) is 13.7. The standard InChI is InChI=1S/C14H28/c1-4-7-8-9-10-11-13-14(6-3)12-5-2/h7-8,14H,4-6,9-13H2,1-3H3/b8-7+. The summed E-state index contributed by atoms with van der Waals surface area (Å²) in [6.07, 6.45) is 15.5. The van der Waals surface area contributed by atoms with E-state index in [0.29, 0.717) is 0 Å². The third-order valence-corrected chi connectivity index (χ3v) is 2.91. The zero-order chi connectivity index (χ0) is 10.6. The zero-order valence-electron chi connectivity index (χ0n) is 10.4. The summed E-state index contributed by atoms with van der Waals surface area (Å²) in [7, 11) is 0. The quantitative estimate of drug-likeness (QED) is 0.345. The topological polar surface area (TPSA) is 0 Å². The van der Waals surface area contributed by atoms with Gasteiger partial charge in [-0.3, -0.25) is 0 Å². The van der Waals surface area contributed by atoms with Gasteiger partial charge in [0, 0.05) is 0 Å². The summed E-state index contributed by atoms with van der Waals surface area (Å²) in [5.41, 5.74) is 0. The number of hydrogen-bond acceptors (Lipinski definition) is 0. The van der Waals surface area contributed by atoms with Crippen molar-refractivity contribution in [1.82, 2.24) is 0 Å². The second kappa shape index (κ2) is 10.8. The third kappa shape index (κ3) is 8.34. The molecular formula is C14H28. The van der Waals surface area contributed by atoms with Crippen molar-refractivity contribution >= 4 is 0 Å². The largest absolute Gasteiger partial charge is 0.0888 e. The van der Waals surface area contributed by atoms with E-state index in [1.165, 1.54) is 51.4 Å². The normalized spacial score (nSPS) is 13.6. The van der Waals surface area contributed by atoms with Gasteiger partial charge in [-0.2, -0.15) is 0 Å². The average Bonchev–Trinajstić information content (AvgIpc) is 2.21. The van der Waals surface area contributed by atoms with Crippen LogP contribution in [0.1, 0.15) is 72.1 Å². The van der Waals surface area contributed by atoms with Gasteiger partial charge in [0.25, 0.3) is 0 Å². The van der Waals surface area contributed by atoms with Gasteiger partial charge < -0.3 is 0 Å². The molecule has 0 aliphatic rings. The molecule has 0 amide bonds. The van der Waals surface area contributed by atoms with Crippen molar-refractivity contribution in [2.45, 2.75) is 72.1 Å². The number of allylic oxidation sites excluding steroid dienone is 2. The van der Waals surface area contributed by atoms with E-state index in [9.17, 15) is 0 Å². The highest BCUT2D eigenvalue weighted by Gasteiger charge is 2.03. The molecule has 0 saturated carbocycles. The summed E-state index contributed by atoms with van der Waals surface area (Å²) in [6.45, 7) is 6.83. The summed E-state index contributed by atoms with van der Waals surface area (Å²) < 4.78 is 0. The Morgan fingerprint density at radius 2 is 1.71 bits per heavy atom. The van der Waals surface area contributed by atoms with Crippen molar-refractivity contribution in [3.8, 4) is 0 Å². The van der Waals surface area contributed by atoms with Crippen LogP contribution in [0.15, 0.2) is 12.2 Å². The Balaban J connectivity index is 3.28. The number of rotatable bonds is 9. The monoisotopic (exact) mass is 196 g/mol. The molecule has 0 aliphatic heterocycles. The Hall–Kier alpha value is -0.260. The molecule has 0 aromatic heterocycles. The van der Waals surface area contributed by atoms with Crippen LogP contribution >= 0.6 is 0 Å². The van der Waals surface area contributed by atoms with Gasteiger partial charge in [-0.15, -0.1) is 0 Å². The lowest BCUT2D eigenvalue weighted by molar-refractivity contribution is 0.414. The van der Waals surface area contributed by atoms with Crippen LogP contribution in [0.2, 0.25) is 0 Å². The second-order valence-corrected chi connectivity index (χ2v) is 4.23. The fourth-order valence-electron chi connectivity index (χ4n) is 1.94. The van der Waals surface area contributed by atoms with Crippen molar-refractivity contribution < 1.29 is 0 Å². The smallest absolute Gasteiger partial charge is 0.0351 e. The zero-order valence-corrected chi connectivity index (χ0v) is 10.4. The highest BCUT2D eigenvalue weighted by molar-refractivity contribution is 4.79. The molecule has 14 heavy (non-hydrogen) atoms. The van der Waals surface area contributed by atoms with Crippen LogP contribution in [0.25, 0.3) is 0 Å². The fraction of sp³-hybridized carbons (Fsp3) is 0.857. The van der Waals surface area contributed by atoms with Crippen LogP contribution in [0.3, 0.4) is 0 Å². The van der Waals surface area contributed by atoms with Crippen molar-refractivity contribution in [3.05, 3.63) is 12.2 Å². The van der Waals surface area contributed by atoms with Crippen LogP contribution < -0.4 is 0 Å². The molecule has 0 aliphatic carbocycles. The summed E-state index contributed by atoms with van der Waals surface area (Å²) in [6, 6.07) is 0. The predicted octanol–water partition coefficient (Wildman–Crippen LogP) is 5.34. The van der Waals surface area contributed by atoms with Crippen molar-refractivity contribution in [3.63, 3.8) is 0 Å². The maximum absolute atomic E-state index is 2.33. The van der Waals surface area contributed by atoms with Crippen LogP contribution in [0.5, 0.6) is 0 Å². The van der Waals surface area contributed by atoms with E-state index in [0.717, 1.165) is 5.92 Å². The molecule has 0 nitrogen and oxygen atoms in total. The van der Waals surface area contributed by atoms with Crippen molar-refractivity contribution in [2.75, 3.05) is 0 Å². The van der Waals surface area contributed by atoms with Gasteiger partial charge in [-0.1, -0.05) is 65.0 Å². The first-order valence-corrected chi connectivity index (χ1v) is 6.50. The van der Waals surface area contributed by atoms with Crippen LogP contribution in [-0.2, 0) is 0 Å². The average molecular weight is 196 g/mol. The SMILES string of the molecule is CC/C=C/CCCCC(CC)CCC. The molecule has 1 unspecified atom stereocenters. The molecule has 1 atom stereocenters. The van der Waals surface area contributed by atoms with Gasteiger partial charge in [0.15, 0.2) is 0 Å². The minimum atomic E-state index is 0.996. The highest BCUT2D eigenvalue weighted by atomic mass is 14.1. The Morgan fingerprint density at radius 3 is 2.29 bits per heavy atom. The molecule has 0 spiro atoms. The lowest BCUT2D eigenvalue weighted by Gasteiger charge is -2.12. The molecule has 0 aromatic rings. The molecule has 0 aromatic carbocycles. The van der Waals surface area contributed by atoms with Gasteiger partial charge in [0.05, 0.1) is 0 Å². The van der Waals surface area contributed by atoms with Crippen LogP contribution in [-0.4, -0.2) is 0 Å². The highest BCUT2D eigenvalue weighted by Crippen LogP contribution is 2.18. The van der Waals surface area contributed by atoms with E-state index in [4.69, 9.17) is 0 Å². The molecule has 0 radical (unpaired) electrons. The molecule has 0 fully saturated rings. The number of hydrogen-bond donors (Lipinski definition) is 0. The summed E-state index contributed by atoms with van der Waals surface area (Å²) in [5, 5.41) is 0. The van der Waals surface area contributed by atoms with E-state index < -0.39 is 0 Å². The van der Waals surface area contributed by atoms with Gasteiger partial charge in [-0.25, -0.2) is 0 Å². The molecular weight excluding hydrogens is 168 g/mol. The number of unbranched alkanes of at least 4 members (excludes halogenated alkanes) is 2. The molecule has 0 N–H and O–H groups in total. The molecule has 0 rings (SSSR count). The lowest BCUT2D eigenvalue weighted by atomic mass is 9.94. The first-order valence-electron chi connectivity index (χ1n) is 6.50. The van der Waals surface area contributed by atoms with Gasteiger partial charge in [0.2, 0.25) is 0 Å². The Morgan fingerprint density at radius 1 is 0.929 bits per heavy atom. The van der Waals surface area contributed by atoms with Crippen molar-refractivity contribution in [1.29, 1.82) is 0 Å². The Labute approximate surface area is 90.8 Å². The van der Waals surface area contributed by atoms with Gasteiger partial charge in [0.1, 0.15) is 0 Å². The molecule has 84 valence electrons. The van der Waals surface area contributed by atoms with Crippen LogP contribution in [0.4, 0.5) is 0 Å². The van der Waals surface area contributed by atoms with E-state index in [2.05, 4.69) is 32.9 Å². The first-order chi connectivity index (χ1) is 6.85. The Kier molecular flexibility index (Phi) is 10.6. The van der Waals surface area contributed by atoms with Gasteiger partial charge in [-0.05, 0) is 25.2 Å². The summed E-state index contributed by atoms with van der Waals surface area (Å²) in [5.74, 6) is 0.996. The second-order valence-electron chi connectivity index (χ2n) is 4.23. The minimum Gasteiger partial charge on any atom is -0.0888 e. The summed E-state index contributed by atoms with van der Waals surface area (Å²) in [4.78, 5) is 0. The third-order valence-electron chi connectivity index (χ3n) is 2.91. The summed E-state index contributed by atoms with van der Waals surface area (Å²) >= 11 is 0. The molecule has 0 heteroatoms. The maximum atomic E-state index is 2.33. The minimum absolute atomic E-state index is 0.996. The Bertz CT molecular complexity index is 124. The molecule has 0 saturated heterocycles. The van der Waals surface area contributed by atoms with E-state index >= 15 is 0 Å². The van der Waals surface area contributed by atoms with Gasteiger partial charge >= 0.3 is 0 Å². The van der Waals surface area contributed by atoms with E-state index in [1.54, 1.807) is 0 Å². The fourth-order valence-corrected chi connectivity index (χ4v) is 1.94. The lowest BCUT2D eigenvalue weighted by Crippen LogP contribution is -1.97. The van der Waals surface area contributed by atoms with Crippen LogP contribution in [0, 0.1) is 5.92 Å². The predicted molar refractivity (Wildman–Crippen MR) is 66.6 cm³/mol. The van der Waals surface area contributed by atoms with E-state index in [-0.39, 0.29) is 0 Å². The maximum Gasteiger partial charge on any atom is -0.0351 e.